The number of hydrogen-bond acceptors (Lipinski definition) is 2. The number of nitrogens with one attached hydrogen (secondary N) is 1. The maximum absolute atomic E-state index is 3.49. The summed E-state index contributed by atoms with van der Waals surface area (Å²) in [7, 11) is 2.75. The van der Waals surface area contributed by atoms with Crippen LogP contribution in [0.4, 0.5) is 0 Å². The van der Waals surface area contributed by atoms with Crippen molar-refractivity contribution in [2.75, 3.05) is 6.16 Å². The van der Waals surface area contributed by atoms with Crippen LogP contribution >= 0.6 is 9.24 Å². The first-order valence-corrected chi connectivity index (χ1v) is 5.23. The number of unbranched alkanes of at least 4 members (excludes halogenated alkanes) is 3. The van der Waals surface area contributed by atoms with Gasteiger partial charge < -0.3 is 0 Å². The van der Waals surface area contributed by atoms with E-state index in [4.69, 9.17) is 0 Å². The molecule has 0 saturated carbocycles. The molecule has 1 unspecified atom stereocenters. The highest BCUT2D eigenvalue weighted by Crippen LogP contribution is 2.00. The monoisotopic (exact) mass is 187 g/mol. The number of aromatic amines is 1. The second-order valence-corrected chi connectivity index (χ2v) is 3.08. The van der Waals surface area contributed by atoms with E-state index in [2.05, 4.69) is 31.6 Å². The minimum Gasteiger partial charge on any atom is -0.198 e. The summed E-state index contributed by atoms with van der Waals surface area (Å²) in [5.41, 5.74) is 0. The van der Waals surface area contributed by atoms with E-state index in [0.717, 1.165) is 0 Å². The van der Waals surface area contributed by atoms with Crippen molar-refractivity contribution in [3.63, 3.8) is 0 Å². The molecule has 0 saturated heterocycles. The molecule has 0 spiro atoms. The summed E-state index contributed by atoms with van der Waals surface area (Å²) in [6.07, 6.45) is 10.0. The quantitative estimate of drug-likeness (QED) is 0.580. The minimum atomic E-state index is 1.28. The van der Waals surface area contributed by atoms with Crippen molar-refractivity contribution < 1.29 is 0 Å². The van der Waals surface area contributed by atoms with E-state index in [0.29, 0.717) is 0 Å². The van der Waals surface area contributed by atoms with Gasteiger partial charge in [-0.1, -0.05) is 26.2 Å². The van der Waals surface area contributed by atoms with Crippen molar-refractivity contribution in [2.24, 2.45) is 0 Å². The van der Waals surface area contributed by atoms with Gasteiger partial charge in [0, 0.05) is 0 Å². The molecule has 3 nitrogen and oxygen atoms in total. The first kappa shape index (κ1) is 11.6. The lowest BCUT2D eigenvalue weighted by Crippen LogP contribution is -1.73. The summed E-state index contributed by atoms with van der Waals surface area (Å²) in [4.78, 5) is 0. The molecular weight excluding hydrogens is 169 g/mol. The second-order valence-electron chi connectivity index (χ2n) is 2.51. The SMILES string of the molecule is CCCCCCP.c1cn[nH]n1. The third-order valence-corrected chi connectivity index (χ3v) is 1.80. The van der Waals surface area contributed by atoms with Crippen molar-refractivity contribution in [3.8, 4) is 0 Å². The van der Waals surface area contributed by atoms with Crippen LogP contribution < -0.4 is 0 Å². The number of H-pyrrole nitrogens is 1. The van der Waals surface area contributed by atoms with Gasteiger partial charge in [-0.15, -0.1) is 9.24 Å². The number of nitrogens with zero attached hydrogens (tertiary/aromatic N) is 2. The van der Waals surface area contributed by atoms with Gasteiger partial charge in [0.25, 0.3) is 0 Å². The van der Waals surface area contributed by atoms with Crippen molar-refractivity contribution >= 4 is 9.24 Å². The lowest BCUT2D eigenvalue weighted by atomic mass is 10.2. The van der Waals surface area contributed by atoms with E-state index in [1.807, 2.05) is 0 Å². The third-order valence-electron chi connectivity index (χ3n) is 1.39. The van der Waals surface area contributed by atoms with Gasteiger partial charge in [-0.25, -0.2) is 0 Å². The summed E-state index contributed by atoms with van der Waals surface area (Å²) in [5, 5.41) is 9.33. The molecule has 0 radical (unpaired) electrons. The van der Waals surface area contributed by atoms with Gasteiger partial charge in [0.05, 0.1) is 12.4 Å². The first-order chi connectivity index (χ1) is 5.91. The maximum atomic E-state index is 3.49. The van der Waals surface area contributed by atoms with Crippen LogP contribution in [0.3, 0.4) is 0 Å². The van der Waals surface area contributed by atoms with E-state index in [9.17, 15) is 0 Å². The van der Waals surface area contributed by atoms with Gasteiger partial charge in [0.15, 0.2) is 0 Å². The van der Waals surface area contributed by atoms with Gasteiger partial charge in [-0.3, -0.25) is 0 Å². The van der Waals surface area contributed by atoms with Crippen LogP contribution in [0.1, 0.15) is 32.6 Å². The van der Waals surface area contributed by atoms with Crippen LogP contribution in [0.5, 0.6) is 0 Å². The average Bonchev–Trinajstić information content (AvgIpc) is 2.62. The third kappa shape index (κ3) is 9.57. The molecule has 0 aliphatic rings. The van der Waals surface area contributed by atoms with Crippen molar-refractivity contribution in [2.45, 2.75) is 32.6 Å². The van der Waals surface area contributed by atoms with Crippen molar-refractivity contribution in [1.82, 2.24) is 15.4 Å². The molecule has 0 fully saturated rings. The normalized spacial score (nSPS) is 8.83. The molecule has 4 heteroatoms. The Balaban J connectivity index is 0.000000211. The Morgan fingerprint density at radius 3 is 2.17 bits per heavy atom. The molecule has 0 aliphatic carbocycles. The Morgan fingerprint density at radius 1 is 1.17 bits per heavy atom. The van der Waals surface area contributed by atoms with E-state index in [1.165, 1.54) is 31.8 Å². The lowest BCUT2D eigenvalue weighted by Gasteiger charge is -1.90. The molecular formula is C8H18N3P. The molecule has 1 aromatic rings. The Labute approximate surface area is 76.5 Å². The zero-order valence-electron chi connectivity index (χ0n) is 7.66. The van der Waals surface area contributed by atoms with Crippen LogP contribution in [-0.2, 0) is 0 Å². The highest BCUT2D eigenvalue weighted by atomic mass is 31.0. The van der Waals surface area contributed by atoms with Gasteiger partial charge >= 0.3 is 0 Å². The average molecular weight is 187 g/mol. The minimum absolute atomic E-state index is 1.28. The van der Waals surface area contributed by atoms with Gasteiger partial charge in [-0.05, 0) is 12.6 Å². The first-order valence-electron chi connectivity index (χ1n) is 4.41. The van der Waals surface area contributed by atoms with E-state index < -0.39 is 0 Å². The predicted octanol–water partition coefficient (Wildman–Crippen LogP) is 2.25. The standard InChI is InChI=1S/C6H15P.C2H3N3/c1-2-3-4-5-6-7;1-2-4-5-3-1/h2-7H2,1H3;1-2H,(H,3,4,5). The zero-order valence-corrected chi connectivity index (χ0v) is 8.82. The van der Waals surface area contributed by atoms with E-state index in [-0.39, 0.29) is 0 Å². The molecule has 70 valence electrons. The van der Waals surface area contributed by atoms with Gasteiger partial charge in [-0.2, -0.15) is 15.4 Å². The predicted molar refractivity (Wildman–Crippen MR) is 55.1 cm³/mol. The maximum Gasteiger partial charge on any atom is 0.0690 e. The fourth-order valence-electron chi connectivity index (χ4n) is 0.738. The summed E-state index contributed by atoms with van der Waals surface area (Å²) in [6.45, 7) is 2.24. The fourth-order valence-corrected chi connectivity index (χ4v) is 1.03. The Kier molecular flexibility index (Phi) is 10.2. The molecule has 1 N–H and O–H groups in total. The highest BCUT2D eigenvalue weighted by molar-refractivity contribution is 7.16. The number of hydrogen-bond donors (Lipinski definition) is 1. The van der Waals surface area contributed by atoms with Crippen LogP contribution in [0.25, 0.3) is 0 Å². The molecule has 1 atom stereocenters. The molecule has 12 heavy (non-hydrogen) atoms. The second kappa shape index (κ2) is 10.6. The highest BCUT2D eigenvalue weighted by Gasteiger charge is 1.80. The fraction of sp³-hybridized carbons (Fsp3) is 0.750. The van der Waals surface area contributed by atoms with Crippen LogP contribution in [0.2, 0.25) is 0 Å². The molecule has 1 rings (SSSR count). The zero-order chi connectivity index (χ0) is 9.07. The van der Waals surface area contributed by atoms with Gasteiger partial charge in [0.1, 0.15) is 0 Å². The van der Waals surface area contributed by atoms with Crippen molar-refractivity contribution in [3.05, 3.63) is 12.4 Å². The Bertz CT molecular complexity index is 121. The van der Waals surface area contributed by atoms with Crippen molar-refractivity contribution in [1.29, 1.82) is 0 Å². The lowest BCUT2D eigenvalue weighted by molar-refractivity contribution is 0.706. The largest absolute Gasteiger partial charge is 0.198 e. The molecule has 0 bridgehead atoms. The summed E-state index contributed by atoms with van der Waals surface area (Å²) < 4.78 is 0. The molecule has 0 amide bonds. The van der Waals surface area contributed by atoms with Crippen LogP contribution in [-0.4, -0.2) is 21.6 Å². The Morgan fingerprint density at radius 2 is 1.83 bits per heavy atom. The summed E-state index contributed by atoms with van der Waals surface area (Å²) in [6, 6.07) is 0. The molecule has 0 aromatic carbocycles. The topological polar surface area (TPSA) is 41.6 Å². The van der Waals surface area contributed by atoms with Crippen LogP contribution in [0.15, 0.2) is 12.4 Å². The molecule has 1 aromatic heterocycles. The number of aromatic nitrogens is 3. The Hall–Kier alpha value is -0.430. The molecule has 1 heterocycles. The van der Waals surface area contributed by atoms with E-state index in [1.54, 1.807) is 12.4 Å². The summed E-state index contributed by atoms with van der Waals surface area (Å²) >= 11 is 0. The number of rotatable bonds is 4. The van der Waals surface area contributed by atoms with Crippen LogP contribution in [0, 0.1) is 0 Å². The molecule has 0 aliphatic heterocycles. The van der Waals surface area contributed by atoms with E-state index >= 15 is 0 Å². The smallest absolute Gasteiger partial charge is 0.0690 e. The van der Waals surface area contributed by atoms with Gasteiger partial charge in [0.2, 0.25) is 0 Å². The summed E-state index contributed by atoms with van der Waals surface area (Å²) in [5.74, 6) is 0.